The summed E-state index contributed by atoms with van der Waals surface area (Å²) in [5.74, 6) is -2.10. The van der Waals surface area contributed by atoms with Gasteiger partial charge in [0.15, 0.2) is 12.2 Å². The average Bonchev–Trinajstić information content (AvgIpc) is 0.909. The van der Waals surface area contributed by atoms with E-state index in [0.717, 1.165) is 89.9 Å². The fraction of sp³-hybridized carbons (Fsp3) is 0.953. The van der Waals surface area contributed by atoms with E-state index in [4.69, 9.17) is 37.0 Å². The molecule has 0 saturated carbocycles. The smallest absolute Gasteiger partial charge is 0.462 e. The van der Waals surface area contributed by atoms with Gasteiger partial charge in [-0.25, -0.2) is 9.13 Å². The number of phosphoric ester groups is 2. The molecule has 0 amide bonds. The molecule has 5 atom stereocenters. The molecule has 17 nitrogen and oxygen atoms in total. The predicted molar refractivity (Wildman–Crippen MR) is 432 cm³/mol. The molecule has 0 bridgehead atoms. The molecule has 0 rings (SSSR count). The molecule has 0 aliphatic heterocycles. The highest BCUT2D eigenvalue weighted by atomic mass is 31.2. The third kappa shape index (κ3) is 79.9. The van der Waals surface area contributed by atoms with Gasteiger partial charge in [-0.15, -0.1) is 0 Å². The maximum atomic E-state index is 13.1. The molecule has 0 radical (unpaired) electrons. The van der Waals surface area contributed by atoms with Crippen molar-refractivity contribution in [1.82, 2.24) is 0 Å². The Labute approximate surface area is 645 Å². The number of carbonyl (C=O) groups excluding carboxylic acids is 4. The van der Waals surface area contributed by atoms with Crippen molar-refractivity contribution in [3.63, 3.8) is 0 Å². The van der Waals surface area contributed by atoms with E-state index in [9.17, 15) is 43.2 Å². The molecule has 19 heteroatoms. The highest BCUT2D eigenvalue weighted by Crippen LogP contribution is 2.45. The van der Waals surface area contributed by atoms with Crippen LogP contribution in [0.5, 0.6) is 0 Å². The Morgan fingerprint density at radius 2 is 0.381 bits per heavy atom. The van der Waals surface area contributed by atoms with Crippen LogP contribution >= 0.6 is 15.6 Å². The highest BCUT2D eigenvalue weighted by molar-refractivity contribution is 7.47. The van der Waals surface area contributed by atoms with Gasteiger partial charge in [-0.2, -0.15) is 0 Å². The lowest BCUT2D eigenvalue weighted by atomic mass is 10.0. The summed E-state index contributed by atoms with van der Waals surface area (Å²) in [5, 5.41) is 10.7. The largest absolute Gasteiger partial charge is 0.472 e. The van der Waals surface area contributed by atoms with Gasteiger partial charge in [-0.05, 0) is 25.7 Å². The Morgan fingerprint density at radius 1 is 0.229 bits per heavy atom. The molecule has 2 unspecified atom stereocenters. The highest BCUT2D eigenvalue weighted by Gasteiger charge is 2.30. The molecular formula is C86H168O17P2. The van der Waals surface area contributed by atoms with Crippen molar-refractivity contribution >= 4 is 39.5 Å². The molecule has 0 fully saturated rings. The third-order valence-electron chi connectivity index (χ3n) is 20.4. The monoisotopic (exact) mass is 1540 g/mol. The normalized spacial score (nSPS) is 13.7. The van der Waals surface area contributed by atoms with E-state index in [1.807, 2.05) is 0 Å². The summed E-state index contributed by atoms with van der Waals surface area (Å²) in [5.41, 5.74) is 0. The fourth-order valence-electron chi connectivity index (χ4n) is 13.5. The number of esters is 4. The minimum Gasteiger partial charge on any atom is -0.462 e. The van der Waals surface area contributed by atoms with E-state index < -0.39 is 97.5 Å². The lowest BCUT2D eigenvalue weighted by Gasteiger charge is -2.21. The SMILES string of the molecule is CCCCCCCCCCCCCCCCCCCCCCC(=O)OC[C@H](COP(=O)(O)OC[C@@H](O)COP(=O)(O)OC[C@@H](COC(=O)CCCCCCCCCCCC)OC(=O)CCCCCCCCCCCCCCCCC)OC(=O)CCCCCCCCCCCCCCCCCCCCCC. The van der Waals surface area contributed by atoms with Crippen LogP contribution in [0.3, 0.4) is 0 Å². The first-order chi connectivity index (χ1) is 51.2. The third-order valence-corrected chi connectivity index (χ3v) is 22.3. The van der Waals surface area contributed by atoms with Crippen molar-refractivity contribution in [2.45, 2.75) is 489 Å². The number of hydrogen-bond donors (Lipinski definition) is 3. The molecule has 0 aliphatic carbocycles. The standard InChI is InChI=1S/C86H168O17P2/c1-5-9-13-17-21-25-29-32-35-37-39-41-43-46-48-51-55-59-63-67-71-84(89)97-77-82(103-86(91)73-69-65-61-57-53-50-47-44-42-40-38-36-33-30-26-22-18-14-10-6-2)79-101-105(94,95)99-75-80(87)74-98-104(92,93)100-78-81(76-96-83(88)70-66-62-58-54-28-24-20-16-12-8-4)102-85(90)72-68-64-60-56-52-49-45-34-31-27-23-19-15-11-7-3/h80-82,87H,5-79H2,1-4H3,(H,92,93)(H,94,95)/t80-,81+,82+/m0/s1. The van der Waals surface area contributed by atoms with Crippen LogP contribution in [0.25, 0.3) is 0 Å². The van der Waals surface area contributed by atoms with Crippen LogP contribution in [0.1, 0.15) is 471 Å². The number of phosphoric acid groups is 2. The van der Waals surface area contributed by atoms with Crippen molar-refractivity contribution in [1.29, 1.82) is 0 Å². The zero-order chi connectivity index (χ0) is 76.7. The Morgan fingerprint density at radius 3 is 0.562 bits per heavy atom. The first kappa shape index (κ1) is 103. The Kier molecular flexibility index (Phi) is 78.6. The minimum atomic E-state index is -4.96. The number of rotatable bonds is 87. The molecule has 624 valence electrons. The van der Waals surface area contributed by atoms with Crippen LogP contribution in [0.15, 0.2) is 0 Å². The van der Waals surface area contributed by atoms with Crippen LogP contribution in [-0.2, 0) is 65.4 Å². The van der Waals surface area contributed by atoms with E-state index >= 15 is 0 Å². The molecule has 0 heterocycles. The quantitative estimate of drug-likeness (QED) is 0.0222. The molecule has 0 aromatic rings. The second kappa shape index (κ2) is 80.1. The van der Waals surface area contributed by atoms with E-state index in [2.05, 4.69) is 27.7 Å². The summed E-state index contributed by atoms with van der Waals surface area (Å²) in [6.07, 6.45) is 75.0. The zero-order valence-corrected chi connectivity index (χ0v) is 70.5. The summed E-state index contributed by atoms with van der Waals surface area (Å²) in [6.45, 7) is 5.05. The van der Waals surface area contributed by atoms with Gasteiger partial charge in [0, 0.05) is 25.7 Å². The summed E-state index contributed by atoms with van der Waals surface area (Å²) < 4.78 is 68.9. The molecular weight excluding hydrogens is 1370 g/mol. The van der Waals surface area contributed by atoms with Gasteiger partial charge < -0.3 is 33.8 Å². The molecule has 0 aliphatic rings. The zero-order valence-electron chi connectivity index (χ0n) is 68.7. The summed E-state index contributed by atoms with van der Waals surface area (Å²) >= 11 is 0. The van der Waals surface area contributed by atoms with Crippen molar-refractivity contribution < 1.29 is 80.2 Å². The van der Waals surface area contributed by atoms with Crippen molar-refractivity contribution in [3.05, 3.63) is 0 Å². The summed E-state index contributed by atoms with van der Waals surface area (Å²) in [6, 6.07) is 0. The van der Waals surface area contributed by atoms with E-state index in [1.165, 1.54) is 302 Å². The van der Waals surface area contributed by atoms with Gasteiger partial charge in [0.05, 0.1) is 26.4 Å². The molecule has 105 heavy (non-hydrogen) atoms. The van der Waals surface area contributed by atoms with E-state index in [-0.39, 0.29) is 25.7 Å². The van der Waals surface area contributed by atoms with Crippen LogP contribution in [0.4, 0.5) is 0 Å². The topological polar surface area (TPSA) is 237 Å². The Balaban J connectivity index is 5.21. The average molecular weight is 1540 g/mol. The van der Waals surface area contributed by atoms with Crippen LogP contribution in [0.2, 0.25) is 0 Å². The van der Waals surface area contributed by atoms with Gasteiger partial charge >= 0.3 is 39.5 Å². The molecule has 0 aromatic carbocycles. The number of aliphatic hydroxyl groups is 1. The first-order valence-electron chi connectivity index (χ1n) is 44.8. The summed E-state index contributed by atoms with van der Waals surface area (Å²) in [7, 11) is -9.92. The van der Waals surface area contributed by atoms with Gasteiger partial charge in [0.25, 0.3) is 0 Å². The van der Waals surface area contributed by atoms with Gasteiger partial charge in [-0.1, -0.05) is 419 Å². The number of ether oxygens (including phenoxy) is 4. The predicted octanol–water partition coefficient (Wildman–Crippen LogP) is 26.5. The Hall–Kier alpha value is -1.94. The lowest BCUT2D eigenvalue weighted by molar-refractivity contribution is -0.161. The van der Waals surface area contributed by atoms with Crippen LogP contribution in [-0.4, -0.2) is 96.7 Å². The van der Waals surface area contributed by atoms with Crippen LogP contribution < -0.4 is 0 Å². The minimum absolute atomic E-state index is 0.109. The number of unbranched alkanes of at least 4 members (excludes halogenated alkanes) is 61. The second-order valence-corrected chi connectivity index (χ2v) is 33.8. The van der Waals surface area contributed by atoms with E-state index in [0.29, 0.717) is 25.7 Å². The maximum Gasteiger partial charge on any atom is 0.472 e. The molecule has 0 saturated heterocycles. The number of hydrogen-bond acceptors (Lipinski definition) is 15. The maximum absolute atomic E-state index is 13.1. The Bertz CT molecular complexity index is 1980. The second-order valence-electron chi connectivity index (χ2n) is 30.9. The van der Waals surface area contributed by atoms with Crippen molar-refractivity contribution in [3.8, 4) is 0 Å². The van der Waals surface area contributed by atoms with Gasteiger partial charge in [0.1, 0.15) is 19.3 Å². The van der Waals surface area contributed by atoms with Gasteiger partial charge in [0.2, 0.25) is 0 Å². The first-order valence-corrected chi connectivity index (χ1v) is 47.8. The van der Waals surface area contributed by atoms with Crippen molar-refractivity contribution in [2.24, 2.45) is 0 Å². The molecule has 3 N–H and O–H groups in total. The van der Waals surface area contributed by atoms with Crippen molar-refractivity contribution in [2.75, 3.05) is 39.6 Å². The number of aliphatic hydroxyl groups excluding tert-OH is 1. The summed E-state index contributed by atoms with van der Waals surface area (Å²) in [4.78, 5) is 73.2. The lowest BCUT2D eigenvalue weighted by Crippen LogP contribution is -2.30. The van der Waals surface area contributed by atoms with E-state index in [1.54, 1.807) is 0 Å². The van der Waals surface area contributed by atoms with Crippen LogP contribution in [0, 0.1) is 0 Å². The molecule has 0 spiro atoms. The van der Waals surface area contributed by atoms with Gasteiger partial charge in [-0.3, -0.25) is 37.3 Å². The number of carbonyl (C=O) groups is 4. The fourth-order valence-corrected chi connectivity index (χ4v) is 15.1. The molecule has 0 aromatic heterocycles.